The molecule has 20 heavy (non-hydrogen) atoms. The molecule has 1 rings (SSSR count). The van der Waals surface area contributed by atoms with Crippen molar-refractivity contribution in [1.82, 2.24) is 0 Å². The van der Waals surface area contributed by atoms with Gasteiger partial charge in [0.05, 0.1) is 52.9 Å². The average Bonchev–Trinajstić information content (AvgIpc) is 2.49. The lowest BCUT2D eigenvalue weighted by molar-refractivity contribution is -0.00162. The molecule has 0 fully saturated rings. The van der Waals surface area contributed by atoms with Crippen LogP contribution in [0.4, 0.5) is 0 Å². The summed E-state index contributed by atoms with van der Waals surface area (Å²) in [5, 5.41) is 0. The number of ether oxygens (including phenoxy) is 4. The van der Waals surface area contributed by atoms with Crippen LogP contribution in [0.2, 0.25) is 0 Å². The molecule has 0 bridgehead atoms. The lowest BCUT2D eigenvalue weighted by atomic mass is 10.2. The predicted molar refractivity (Wildman–Crippen MR) is 78.8 cm³/mol. The van der Waals surface area contributed by atoms with Crippen LogP contribution in [0.25, 0.3) is 0 Å². The zero-order chi connectivity index (χ0) is 14.3. The molecule has 0 aliphatic rings. The molecule has 4 heteroatoms. The molecule has 1 aromatic rings. The van der Waals surface area contributed by atoms with Gasteiger partial charge in [-0.2, -0.15) is 0 Å². The molecule has 0 saturated carbocycles. The minimum Gasteiger partial charge on any atom is -0.377 e. The van der Waals surface area contributed by atoms with Gasteiger partial charge in [-0.25, -0.2) is 0 Å². The third-order valence-electron chi connectivity index (χ3n) is 2.46. The van der Waals surface area contributed by atoms with Crippen LogP contribution < -0.4 is 0 Å². The minimum atomic E-state index is 0.568. The monoisotopic (exact) mass is 280 g/mol. The molecule has 4 nitrogen and oxygen atoms in total. The van der Waals surface area contributed by atoms with E-state index in [2.05, 4.69) is 6.58 Å². The highest BCUT2D eigenvalue weighted by Crippen LogP contribution is 1.99. The number of rotatable bonds is 13. The van der Waals surface area contributed by atoms with E-state index in [1.807, 2.05) is 30.3 Å². The van der Waals surface area contributed by atoms with Crippen molar-refractivity contribution in [2.45, 2.75) is 6.61 Å². The molecule has 0 atom stereocenters. The van der Waals surface area contributed by atoms with E-state index in [-0.39, 0.29) is 0 Å². The normalized spacial score (nSPS) is 10.6. The number of benzene rings is 1. The predicted octanol–water partition coefficient (Wildman–Crippen LogP) is 2.44. The maximum atomic E-state index is 5.50. The zero-order valence-corrected chi connectivity index (χ0v) is 12.0. The minimum absolute atomic E-state index is 0.568. The second-order valence-corrected chi connectivity index (χ2v) is 4.13. The molecule has 0 spiro atoms. The topological polar surface area (TPSA) is 36.9 Å². The van der Waals surface area contributed by atoms with E-state index < -0.39 is 0 Å². The second-order valence-electron chi connectivity index (χ2n) is 4.13. The third kappa shape index (κ3) is 9.69. The maximum Gasteiger partial charge on any atom is 0.0718 e. The van der Waals surface area contributed by atoms with Gasteiger partial charge in [0.15, 0.2) is 0 Å². The van der Waals surface area contributed by atoms with Crippen molar-refractivity contribution in [1.29, 1.82) is 0 Å². The summed E-state index contributed by atoms with van der Waals surface area (Å²) in [5.41, 5.74) is 1.18. The van der Waals surface area contributed by atoms with Gasteiger partial charge in [0.2, 0.25) is 0 Å². The highest BCUT2D eigenvalue weighted by molar-refractivity contribution is 5.13. The first kappa shape index (κ1) is 16.9. The number of hydrogen-bond acceptors (Lipinski definition) is 4. The Morgan fingerprint density at radius 2 is 1.30 bits per heavy atom. The zero-order valence-electron chi connectivity index (χ0n) is 12.0. The van der Waals surface area contributed by atoms with Crippen LogP contribution in [-0.2, 0) is 25.6 Å². The van der Waals surface area contributed by atoms with Crippen LogP contribution in [0.5, 0.6) is 0 Å². The summed E-state index contributed by atoms with van der Waals surface area (Å²) in [5.74, 6) is 0. The lowest BCUT2D eigenvalue weighted by Crippen LogP contribution is -2.11. The Labute approximate surface area is 121 Å². The van der Waals surface area contributed by atoms with Crippen LogP contribution in [-0.4, -0.2) is 46.2 Å². The molecule has 0 radical (unpaired) electrons. The molecule has 0 N–H and O–H groups in total. The molecule has 0 aliphatic carbocycles. The highest BCUT2D eigenvalue weighted by Gasteiger charge is 1.93. The van der Waals surface area contributed by atoms with Crippen LogP contribution in [0.3, 0.4) is 0 Å². The summed E-state index contributed by atoms with van der Waals surface area (Å²) in [6.45, 7) is 8.27. The summed E-state index contributed by atoms with van der Waals surface area (Å²) >= 11 is 0. The molecule has 112 valence electrons. The van der Waals surface area contributed by atoms with Crippen molar-refractivity contribution >= 4 is 0 Å². The van der Waals surface area contributed by atoms with Gasteiger partial charge in [-0.1, -0.05) is 36.4 Å². The standard InChI is InChI=1S/C16H24O4/c1-2-8-17-9-10-18-11-12-19-13-14-20-15-16-6-4-3-5-7-16/h2-7H,1,8-15H2. The van der Waals surface area contributed by atoms with Crippen LogP contribution in [0.15, 0.2) is 43.0 Å². The van der Waals surface area contributed by atoms with E-state index in [1.165, 1.54) is 5.56 Å². The fourth-order valence-electron chi connectivity index (χ4n) is 1.49. The first-order valence-corrected chi connectivity index (χ1v) is 6.89. The fourth-order valence-corrected chi connectivity index (χ4v) is 1.49. The summed E-state index contributed by atoms with van der Waals surface area (Å²) < 4.78 is 21.4. The van der Waals surface area contributed by atoms with Gasteiger partial charge in [-0.3, -0.25) is 0 Å². The summed E-state index contributed by atoms with van der Waals surface area (Å²) in [4.78, 5) is 0. The Bertz CT molecular complexity index is 327. The highest BCUT2D eigenvalue weighted by atomic mass is 16.6. The largest absolute Gasteiger partial charge is 0.377 e. The molecule has 0 saturated heterocycles. The van der Waals surface area contributed by atoms with Crippen molar-refractivity contribution in [3.05, 3.63) is 48.6 Å². The molecule has 0 aliphatic heterocycles. The van der Waals surface area contributed by atoms with E-state index in [0.717, 1.165) is 0 Å². The van der Waals surface area contributed by atoms with E-state index in [9.17, 15) is 0 Å². The van der Waals surface area contributed by atoms with Crippen LogP contribution >= 0.6 is 0 Å². The molecular weight excluding hydrogens is 256 g/mol. The van der Waals surface area contributed by atoms with Crippen molar-refractivity contribution in [2.24, 2.45) is 0 Å². The molecule has 0 amide bonds. The first-order valence-electron chi connectivity index (χ1n) is 6.89. The van der Waals surface area contributed by atoms with Crippen molar-refractivity contribution in [3.63, 3.8) is 0 Å². The summed E-state index contributed by atoms with van der Waals surface area (Å²) in [7, 11) is 0. The Hall–Kier alpha value is -1.20. The van der Waals surface area contributed by atoms with Crippen molar-refractivity contribution < 1.29 is 18.9 Å². The van der Waals surface area contributed by atoms with Crippen LogP contribution in [0, 0.1) is 0 Å². The molecular formula is C16H24O4. The van der Waals surface area contributed by atoms with E-state index in [0.29, 0.717) is 52.9 Å². The van der Waals surface area contributed by atoms with E-state index in [1.54, 1.807) is 6.08 Å². The van der Waals surface area contributed by atoms with Crippen LogP contribution in [0.1, 0.15) is 5.56 Å². The van der Waals surface area contributed by atoms with Gasteiger partial charge in [-0.05, 0) is 5.56 Å². The summed E-state index contributed by atoms with van der Waals surface area (Å²) in [6, 6.07) is 10.1. The molecule has 0 aromatic heterocycles. The Balaban J connectivity index is 1.78. The fraction of sp³-hybridized carbons (Fsp3) is 0.500. The SMILES string of the molecule is C=CCOCCOCCOCCOCc1ccccc1. The van der Waals surface area contributed by atoms with E-state index >= 15 is 0 Å². The molecule has 1 aromatic carbocycles. The van der Waals surface area contributed by atoms with Gasteiger partial charge in [-0.15, -0.1) is 6.58 Å². The average molecular weight is 280 g/mol. The Morgan fingerprint density at radius 3 is 1.90 bits per heavy atom. The third-order valence-corrected chi connectivity index (χ3v) is 2.46. The Morgan fingerprint density at radius 1 is 0.750 bits per heavy atom. The Kier molecular flexibility index (Phi) is 10.8. The summed E-state index contributed by atoms with van der Waals surface area (Å²) in [6.07, 6.45) is 1.72. The van der Waals surface area contributed by atoms with Gasteiger partial charge >= 0.3 is 0 Å². The van der Waals surface area contributed by atoms with Gasteiger partial charge in [0.1, 0.15) is 0 Å². The van der Waals surface area contributed by atoms with Crippen molar-refractivity contribution in [3.8, 4) is 0 Å². The van der Waals surface area contributed by atoms with E-state index in [4.69, 9.17) is 18.9 Å². The lowest BCUT2D eigenvalue weighted by Gasteiger charge is -2.07. The maximum absolute atomic E-state index is 5.50. The second kappa shape index (κ2) is 12.8. The van der Waals surface area contributed by atoms with Gasteiger partial charge in [0.25, 0.3) is 0 Å². The quantitative estimate of drug-likeness (QED) is 0.411. The van der Waals surface area contributed by atoms with Crippen molar-refractivity contribution in [2.75, 3.05) is 46.2 Å². The molecule has 0 unspecified atom stereocenters. The smallest absolute Gasteiger partial charge is 0.0718 e. The van der Waals surface area contributed by atoms with Gasteiger partial charge in [0, 0.05) is 0 Å². The molecule has 0 heterocycles. The first-order chi connectivity index (χ1) is 9.93. The number of hydrogen-bond donors (Lipinski definition) is 0. The van der Waals surface area contributed by atoms with Gasteiger partial charge < -0.3 is 18.9 Å².